The van der Waals surface area contributed by atoms with Crippen LogP contribution in [0.25, 0.3) is 0 Å². The first-order valence-electron chi connectivity index (χ1n) is 37.5. The average Bonchev–Trinajstić information content (AvgIpc) is 3.16. The number of unbranched alkanes of at least 4 members (excludes halogenated alkanes) is 40. The van der Waals surface area contributed by atoms with Gasteiger partial charge in [-0.2, -0.15) is 0 Å². The molecule has 3 N–H and O–H groups in total. The van der Waals surface area contributed by atoms with E-state index in [0.29, 0.717) is 25.7 Å². The molecule has 0 aliphatic heterocycles. The molecular weight excluding hydrogens is 1200 g/mol. The lowest BCUT2D eigenvalue weighted by Gasteiger charge is -2.21. The summed E-state index contributed by atoms with van der Waals surface area (Å²) in [6, 6.07) is 0. The van der Waals surface area contributed by atoms with Gasteiger partial charge in [0.05, 0.1) is 26.4 Å². The summed E-state index contributed by atoms with van der Waals surface area (Å²) < 4.78 is 68.1. The summed E-state index contributed by atoms with van der Waals surface area (Å²) in [6.07, 6.45) is 50.2. The van der Waals surface area contributed by atoms with Gasteiger partial charge in [-0.05, 0) is 37.5 Å². The van der Waals surface area contributed by atoms with Gasteiger partial charge in [0.15, 0.2) is 12.2 Å². The van der Waals surface area contributed by atoms with Gasteiger partial charge in [0, 0.05) is 25.7 Å². The molecule has 0 spiro atoms. The fourth-order valence-corrected chi connectivity index (χ4v) is 12.5. The number of aliphatic hydroxyl groups excluding tert-OH is 1. The molecule has 0 bridgehead atoms. The molecule has 19 heteroatoms. The van der Waals surface area contributed by atoms with Crippen molar-refractivity contribution in [1.29, 1.82) is 0 Å². The molecule has 0 aromatic carbocycles. The lowest BCUT2D eigenvalue weighted by atomic mass is 9.99. The van der Waals surface area contributed by atoms with Gasteiger partial charge in [0.25, 0.3) is 0 Å². The third-order valence-electron chi connectivity index (χ3n) is 17.1. The maximum atomic E-state index is 13.0. The van der Waals surface area contributed by atoms with Crippen molar-refractivity contribution in [3.05, 3.63) is 0 Å². The Balaban J connectivity index is 5.15. The molecule has 6 atom stereocenters. The van der Waals surface area contributed by atoms with Crippen LogP contribution in [-0.2, 0) is 65.4 Å². The zero-order valence-electron chi connectivity index (χ0n) is 59.1. The summed E-state index contributed by atoms with van der Waals surface area (Å²) in [5, 5.41) is 10.6. The van der Waals surface area contributed by atoms with Crippen molar-refractivity contribution in [3.8, 4) is 0 Å². The second-order valence-electron chi connectivity index (χ2n) is 26.7. The quantitative estimate of drug-likeness (QED) is 0.0222. The predicted molar refractivity (Wildman–Crippen MR) is 368 cm³/mol. The molecule has 0 aromatic heterocycles. The molecule has 0 saturated carbocycles. The summed E-state index contributed by atoms with van der Waals surface area (Å²) in [5.41, 5.74) is 0. The largest absolute Gasteiger partial charge is 0.472 e. The minimum Gasteiger partial charge on any atom is -0.462 e. The van der Waals surface area contributed by atoms with E-state index in [1.165, 1.54) is 180 Å². The van der Waals surface area contributed by atoms with Crippen LogP contribution >= 0.6 is 15.6 Å². The molecular formula is C72H140O17P2. The van der Waals surface area contributed by atoms with Gasteiger partial charge in [-0.25, -0.2) is 9.13 Å². The summed E-state index contributed by atoms with van der Waals surface area (Å²) in [5.74, 6) is -0.487. The zero-order chi connectivity index (χ0) is 67.2. The summed E-state index contributed by atoms with van der Waals surface area (Å²) in [6.45, 7) is 9.55. The van der Waals surface area contributed by atoms with Crippen molar-refractivity contribution in [2.24, 2.45) is 11.8 Å². The molecule has 540 valence electrons. The van der Waals surface area contributed by atoms with Crippen LogP contribution in [0.4, 0.5) is 0 Å². The lowest BCUT2D eigenvalue weighted by Crippen LogP contribution is -2.30. The lowest BCUT2D eigenvalue weighted by molar-refractivity contribution is -0.161. The number of carbonyl (C=O) groups excluding carboxylic acids is 4. The molecule has 0 rings (SSSR count). The van der Waals surface area contributed by atoms with Crippen molar-refractivity contribution >= 4 is 39.5 Å². The van der Waals surface area contributed by atoms with Crippen LogP contribution in [0.5, 0.6) is 0 Å². The number of phosphoric ester groups is 2. The molecule has 0 amide bonds. The third-order valence-corrected chi connectivity index (χ3v) is 19.0. The highest BCUT2D eigenvalue weighted by molar-refractivity contribution is 7.47. The first kappa shape index (κ1) is 89.1. The second kappa shape index (κ2) is 64.1. The van der Waals surface area contributed by atoms with Crippen molar-refractivity contribution in [3.63, 3.8) is 0 Å². The summed E-state index contributed by atoms with van der Waals surface area (Å²) >= 11 is 0. The van der Waals surface area contributed by atoms with E-state index in [4.69, 9.17) is 37.0 Å². The molecule has 0 aliphatic rings. The average molecular weight is 1340 g/mol. The van der Waals surface area contributed by atoms with Gasteiger partial charge in [0.1, 0.15) is 19.3 Å². The van der Waals surface area contributed by atoms with Crippen LogP contribution in [0.2, 0.25) is 0 Å². The number of rotatable bonds is 71. The number of ether oxygens (including phenoxy) is 4. The maximum Gasteiger partial charge on any atom is 0.472 e. The summed E-state index contributed by atoms with van der Waals surface area (Å²) in [4.78, 5) is 72.3. The first-order valence-corrected chi connectivity index (χ1v) is 40.5. The van der Waals surface area contributed by atoms with Crippen LogP contribution in [0.1, 0.15) is 369 Å². The molecule has 0 heterocycles. The van der Waals surface area contributed by atoms with E-state index in [0.717, 1.165) is 108 Å². The Morgan fingerprint density at radius 2 is 0.560 bits per heavy atom. The van der Waals surface area contributed by atoms with Crippen molar-refractivity contribution in [2.75, 3.05) is 39.6 Å². The molecule has 0 fully saturated rings. The molecule has 17 nitrogen and oxygen atoms in total. The fraction of sp³-hybridized carbons (Fsp3) is 0.944. The number of aliphatic hydroxyl groups is 1. The number of hydrogen-bond donors (Lipinski definition) is 3. The Morgan fingerprint density at radius 3 is 0.835 bits per heavy atom. The summed E-state index contributed by atoms with van der Waals surface area (Å²) in [7, 11) is -9.89. The number of esters is 4. The Labute approximate surface area is 556 Å². The van der Waals surface area contributed by atoms with E-state index >= 15 is 0 Å². The van der Waals surface area contributed by atoms with E-state index in [1.54, 1.807) is 0 Å². The third kappa shape index (κ3) is 65.1. The molecule has 0 radical (unpaired) electrons. The van der Waals surface area contributed by atoms with Crippen LogP contribution in [0, 0.1) is 11.8 Å². The minimum atomic E-state index is -4.95. The standard InChI is InChI=1S/C72H140O17P2/c1-7-10-12-14-15-16-25-33-38-44-50-56-71(76)88-67(60-82-69(74)54-48-40-13-11-8-2)62-86-90(78,79)84-58-66(73)59-85-91(80,81)87-63-68(61-83-70(75)55-49-43-37-32-28-23-19-17-21-26-30-35-41-46-52-64(4)5)89-72(77)57-51-45-39-34-29-24-20-18-22-27-31-36-42-47-53-65(6)9-3/h64-68,73H,7-63H2,1-6H3,(H,78,79)(H,80,81)/t65?,66-,67+,68+/m0/s1. The molecule has 0 aliphatic carbocycles. The topological polar surface area (TPSA) is 237 Å². The van der Waals surface area contributed by atoms with E-state index in [-0.39, 0.29) is 25.7 Å². The van der Waals surface area contributed by atoms with Crippen LogP contribution in [0.15, 0.2) is 0 Å². The highest BCUT2D eigenvalue weighted by Gasteiger charge is 2.30. The van der Waals surface area contributed by atoms with Crippen LogP contribution in [0.3, 0.4) is 0 Å². The van der Waals surface area contributed by atoms with E-state index in [2.05, 4.69) is 41.5 Å². The van der Waals surface area contributed by atoms with Gasteiger partial charge >= 0.3 is 39.5 Å². The van der Waals surface area contributed by atoms with Gasteiger partial charge in [-0.1, -0.05) is 318 Å². The maximum absolute atomic E-state index is 13.0. The highest BCUT2D eigenvalue weighted by Crippen LogP contribution is 2.45. The Hall–Kier alpha value is -1.94. The molecule has 3 unspecified atom stereocenters. The Bertz CT molecular complexity index is 1770. The smallest absolute Gasteiger partial charge is 0.462 e. The second-order valence-corrected chi connectivity index (χ2v) is 29.6. The van der Waals surface area contributed by atoms with Crippen LogP contribution in [-0.4, -0.2) is 96.7 Å². The van der Waals surface area contributed by atoms with Gasteiger partial charge in [-0.3, -0.25) is 37.3 Å². The normalized spacial score (nSPS) is 14.4. The van der Waals surface area contributed by atoms with E-state index in [1.807, 2.05) is 0 Å². The van der Waals surface area contributed by atoms with Crippen molar-refractivity contribution < 1.29 is 80.2 Å². The number of hydrogen-bond acceptors (Lipinski definition) is 15. The highest BCUT2D eigenvalue weighted by atomic mass is 31.2. The molecule has 91 heavy (non-hydrogen) atoms. The van der Waals surface area contributed by atoms with Gasteiger partial charge in [0.2, 0.25) is 0 Å². The zero-order valence-corrected chi connectivity index (χ0v) is 60.9. The number of carbonyl (C=O) groups is 4. The molecule has 0 aromatic rings. The minimum absolute atomic E-state index is 0.106. The predicted octanol–water partition coefficient (Wildman–Crippen LogP) is 20.8. The van der Waals surface area contributed by atoms with Gasteiger partial charge < -0.3 is 33.8 Å². The number of phosphoric acid groups is 2. The van der Waals surface area contributed by atoms with Gasteiger partial charge in [-0.15, -0.1) is 0 Å². The van der Waals surface area contributed by atoms with Crippen molar-refractivity contribution in [2.45, 2.75) is 387 Å². The van der Waals surface area contributed by atoms with E-state index < -0.39 is 97.5 Å². The SMILES string of the molecule is CCCCCCCCCCCCCC(=O)O[C@H](COC(=O)CCCCCCC)COP(=O)(O)OC[C@H](O)COP(=O)(O)OC[C@@H](COC(=O)CCCCCCCCCCCCCCCCC(C)C)OC(=O)CCCCCCCCCCCCCCCCC(C)CC. The van der Waals surface area contributed by atoms with E-state index in [9.17, 15) is 43.2 Å². The monoisotopic (exact) mass is 1340 g/mol. The fourth-order valence-electron chi connectivity index (χ4n) is 10.9. The van der Waals surface area contributed by atoms with Crippen molar-refractivity contribution in [1.82, 2.24) is 0 Å². The Morgan fingerprint density at radius 1 is 0.319 bits per heavy atom. The first-order chi connectivity index (χ1) is 43.9. The van der Waals surface area contributed by atoms with Crippen LogP contribution < -0.4 is 0 Å². The molecule has 0 saturated heterocycles. The Kier molecular flexibility index (Phi) is 62.7.